The predicted octanol–water partition coefficient (Wildman–Crippen LogP) is 3.71. The van der Waals surface area contributed by atoms with Crippen molar-refractivity contribution < 1.29 is 22.0 Å². The number of benzene rings is 1. The third-order valence-corrected chi connectivity index (χ3v) is 2.48. The molecule has 0 fully saturated rings. The van der Waals surface area contributed by atoms with Crippen LogP contribution in [-0.4, -0.2) is 6.18 Å². The molecular weight excluding hydrogens is 320 g/mol. The molecule has 2 N–H and O–H groups in total. The van der Waals surface area contributed by atoms with Gasteiger partial charge < -0.3 is 5.73 Å². The molecule has 1 aromatic carbocycles. The molecule has 1 nitrogen and oxygen atoms in total. The summed E-state index contributed by atoms with van der Waals surface area (Å²) < 4.78 is 61.6. The van der Waals surface area contributed by atoms with Crippen LogP contribution in [0.4, 0.5) is 22.0 Å². The molecule has 0 aliphatic carbocycles. The van der Waals surface area contributed by atoms with E-state index < -0.39 is 33.9 Å². The summed E-state index contributed by atoms with van der Waals surface area (Å²) in [5, 5.41) is 0. The first-order chi connectivity index (χ1) is 6.73. The van der Waals surface area contributed by atoms with Crippen molar-refractivity contribution in [2.75, 3.05) is 0 Å². The molecule has 0 saturated carbocycles. The van der Waals surface area contributed by atoms with Gasteiger partial charge in [-0.3, -0.25) is 0 Å². The van der Waals surface area contributed by atoms with Crippen LogP contribution in [0.5, 0.6) is 0 Å². The number of nitrogens with two attached hydrogens (primary N) is 1. The molecule has 0 heterocycles. The fraction of sp³-hybridized carbons (Fsp3) is 0.250. The minimum absolute atomic E-state index is 0. The monoisotopic (exact) mass is 325 g/mol. The van der Waals surface area contributed by atoms with Gasteiger partial charge in [0, 0.05) is 0 Å². The SMILES string of the molecule is Cl.N[C@@H](c1cc(F)c(Br)c(F)c1)C(F)(F)F. The van der Waals surface area contributed by atoms with E-state index in [2.05, 4.69) is 15.9 Å². The maximum Gasteiger partial charge on any atom is 0.407 e. The van der Waals surface area contributed by atoms with E-state index in [0.29, 0.717) is 12.1 Å². The van der Waals surface area contributed by atoms with Crippen molar-refractivity contribution in [3.8, 4) is 0 Å². The summed E-state index contributed by atoms with van der Waals surface area (Å²) in [6, 6.07) is -1.30. The van der Waals surface area contributed by atoms with Crippen LogP contribution in [0.2, 0.25) is 0 Å². The molecule has 0 aliphatic rings. The second kappa shape index (κ2) is 5.29. The minimum atomic E-state index is -4.73. The van der Waals surface area contributed by atoms with Crippen LogP contribution in [0.1, 0.15) is 11.6 Å². The smallest absolute Gasteiger partial charge is 0.316 e. The molecule has 0 radical (unpaired) electrons. The lowest BCUT2D eigenvalue weighted by molar-refractivity contribution is -0.149. The first kappa shape index (κ1) is 15.6. The highest BCUT2D eigenvalue weighted by atomic mass is 79.9. The quantitative estimate of drug-likeness (QED) is 0.618. The molecule has 0 amide bonds. The standard InChI is InChI=1S/C8H5BrF5N.ClH/c9-6-4(10)1-3(2-5(6)11)7(15)8(12,13)14;/h1-2,7H,15H2;1H/t7-;/m0./s1. The zero-order valence-electron chi connectivity index (χ0n) is 7.49. The van der Waals surface area contributed by atoms with Crippen molar-refractivity contribution in [3.05, 3.63) is 33.8 Å². The highest BCUT2D eigenvalue weighted by molar-refractivity contribution is 9.10. The molecule has 0 unspecified atom stereocenters. The van der Waals surface area contributed by atoms with Gasteiger partial charge in [0.05, 0.1) is 4.47 Å². The zero-order valence-corrected chi connectivity index (χ0v) is 9.89. The minimum Gasteiger partial charge on any atom is -0.316 e. The second-order valence-electron chi connectivity index (χ2n) is 2.82. The van der Waals surface area contributed by atoms with Gasteiger partial charge >= 0.3 is 6.18 Å². The summed E-state index contributed by atoms with van der Waals surface area (Å²) in [6.45, 7) is 0. The number of rotatable bonds is 1. The van der Waals surface area contributed by atoms with Crippen LogP contribution in [0.25, 0.3) is 0 Å². The Morgan fingerprint density at radius 3 is 1.81 bits per heavy atom. The summed E-state index contributed by atoms with van der Waals surface area (Å²) in [5.41, 5.74) is 4.13. The van der Waals surface area contributed by atoms with Gasteiger partial charge in [-0.2, -0.15) is 13.2 Å². The van der Waals surface area contributed by atoms with Crippen molar-refractivity contribution in [2.45, 2.75) is 12.2 Å². The lowest BCUT2D eigenvalue weighted by Gasteiger charge is -2.16. The Labute approximate surface area is 102 Å². The van der Waals surface area contributed by atoms with E-state index in [0.717, 1.165) is 0 Å². The molecule has 16 heavy (non-hydrogen) atoms. The van der Waals surface area contributed by atoms with Crippen molar-refractivity contribution in [2.24, 2.45) is 5.73 Å². The van der Waals surface area contributed by atoms with E-state index >= 15 is 0 Å². The normalized spacial score (nSPS) is 13.2. The summed E-state index contributed by atoms with van der Waals surface area (Å²) in [4.78, 5) is 0. The Morgan fingerprint density at radius 1 is 1.12 bits per heavy atom. The fourth-order valence-electron chi connectivity index (χ4n) is 0.944. The van der Waals surface area contributed by atoms with Crippen molar-refractivity contribution >= 4 is 28.3 Å². The van der Waals surface area contributed by atoms with Crippen LogP contribution in [0, 0.1) is 11.6 Å². The van der Waals surface area contributed by atoms with Gasteiger partial charge in [0.2, 0.25) is 0 Å². The van der Waals surface area contributed by atoms with Gasteiger partial charge in [0.1, 0.15) is 17.7 Å². The van der Waals surface area contributed by atoms with Crippen LogP contribution >= 0.6 is 28.3 Å². The Morgan fingerprint density at radius 2 is 1.50 bits per heavy atom. The summed E-state index contributed by atoms with van der Waals surface area (Å²) in [7, 11) is 0. The molecule has 1 aromatic rings. The van der Waals surface area contributed by atoms with Gasteiger partial charge in [-0.05, 0) is 33.6 Å². The fourth-order valence-corrected chi connectivity index (χ4v) is 1.17. The Balaban J connectivity index is 0.00000225. The molecule has 92 valence electrons. The lowest BCUT2D eigenvalue weighted by Crippen LogP contribution is -2.28. The van der Waals surface area contributed by atoms with E-state index in [9.17, 15) is 22.0 Å². The number of hydrogen-bond donors (Lipinski definition) is 1. The molecule has 1 rings (SSSR count). The van der Waals surface area contributed by atoms with E-state index in [4.69, 9.17) is 5.73 Å². The first-order valence-corrected chi connectivity index (χ1v) is 4.49. The van der Waals surface area contributed by atoms with Crippen molar-refractivity contribution in [1.29, 1.82) is 0 Å². The first-order valence-electron chi connectivity index (χ1n) is 3.70. The Kier molecular flexibility index (Phi) is 5.15. The third kappa shape index (κ3) is 3.29. The second-order valence-corrected chi connectivity index (χ2v) is 3.61. The molecule has 0 saturated heterocycles. The predicted molar refractivity (Wildman–Crippen MR) is 54.3 cm³/mol. The molecule has 8 heteroatoms. The largest absolute Gasteiger partial charge is 0.407 e. The summed E-state index contributed by atoms with van der Waals surface area (Å²) in [5.74, 6) is -2.24. The zero-order chi connectivity index (χ0) is 11.8. The van der Waals surface area contributed by atoms with Crippen LogP contribution < -0.4 is 5.73 Å². The van der Waals surface area contributed by atoms with E-state index in [1.54, 1.807) is 0 Å². The molecule has 0 bridgehead atoms. The van der Waals surface area contributed by atoms with Crippen LogP contribution in [-0.2, 0) is 0 Å². The molecule has 1 atom stereocenters. The highest BCUT2D eigenvalue weighted by Gasteiger charge is 2.38. The molecular formula is C8H6BrClF5N. The van der Waals surface area contributed by atoms with Gasteiger partial charge in [-0.1, -0.05) is 0 Å². The van der Waals surface area contributed by atoms with Crippen molar-refractivity contribution in [3.63, 3.8) is 0 Å². The summed E-state index contributed by atoms with van der Waals surface area (Å²) >= 11 is 2.54. The number of alkyl halides is 3. The van der Waals surface area contributed by atoms with Crippen LogP contribution in [0.15, 0.2) is 16.6 Å². The third-order valence-electron chi connectivity index (χ3n) is 1.72. The van der Waals surface area contributed by atoms with Gasteiger partial charge in [-0.25, -0.2) is 8.78 Å². The van der Waals surface area contributed by atoms with Gasteiger partial charge in [0.15, 0.2) is 0 Å². The Hall–Kier alpha value is -0.400. The average molecular weight is 326 g/mol. The van der Waals surface area contributed by atoms with E-state index in [1.165, 1.54) is 0 Å². The van der Waals surface area contributed by atoms with Gasteiger partial charge in [-0.15, -0.1) is 12.4 Å². The van der Waals surface area contributed by atoms with E-state index in [1.807, 2.05) is 0 Å². The molecule has 0 aromatic heterocycles. The van der Waals surface area contributed by atoms with Crippen molar-refractivity contribution in [1.82, 2.24) is 0 Å². The Bertz CT molecular complexity index is 358. The maximum atomic E-state index is 12.9. The summed E-state index contributed by atoms with van der Waals surface area (Å²) in [6.07, 6.45) is -4.73. The number of hydrogen-bond acceptors (Lipinski definition) is 1. The van der Waals surface area contributed by atoms with E-state index in [-0.39, 0.29) is 12.4 Å². The molecule has 0 spiro atoms. The maximum absolute atomic E-state index is 12.9. The van der Waals surface area contributed by atoms with Gasteiger partial charge in [0.25, 0.3) is 0 Å². The topological polar surface area (TPSA) is 26.0 Å². The van der Waals surface area contributed by atoms with Crippen LogP contribution in [0.3, 0.4) is 0 Å². The number of halogens is 7. The molecule has 0 aliphatic heterocycles. The average Bonchev–Trinajstić information content (AvgIpc) is 2.10. The lowest BCUT2D eigenvalue weighted by atomic mass is 10.1. The highest BCUT2D eigenvalue weighted by Crippen LogP contribution is 2.32.